The van der Waals surface area contributed by atoms with E-state index >= 15 is 0 Å². The van der Waals surface area contributed by atoms with Crippen LogP contribution in [-0.4, -0.2) is 26.1 Å². The third-order valence-electron chi connectivity index (χ3n) is 3.82. The van der Waals surface area contributed by atoms with Crippen LogP contribution in [0, 0.1) is 0 Å². The molecule has 2 rings (SSSR count). The Hall–Kier alpha value is -1.69. The van der Waals surface area contributed by atoms with Crippen molar-refractivity contribution in [2.24, 2.45) is 0 Å². The van der Waals surface area contributed by atoms with Gasteiger partial charge < -0.3 is 15.4 Å². The summed E-state index contributed by atoms with van der Waals surface area (Å²) in [4.78, 5) is 11.9. The lowest BCUT2D eigenvalue weighted by molar-refractivity contribution is -0.122. The van der Waals surface area contributed by atoms with Crippen LogP contribution >= 0.6 is 0 Å². The second-order valence-electron chi connectivity index (χ2n) is 5.46. The van der Waals surface area contributed by atoms with E-state index in [2.05, 4.69) is 15.4 Å². The number of hydrogen-bond acceptors (Lipinski definition) is 3. The van der Waals surface area contributed by atoms with Gasteiger partial charge in [0.2, 0.25) is 5.91 Å². The second-order valence-corrected chi connectivity index (χ2v) is 5.46. The number of amides is 1. The average molecular weight is 312 g/mol. The quantitative estimate of drug-likeness (QED) is 0.761. The van der Waals surface area contributed by atoms with E-state index in [1.54, 1.807) is 12.1 Å². The minimum absolute atomic E-state index is 0.0287. The number of alkyl halides is 2. The van der Waals surface area contributed by atoms with Crippen LogP contribution in [0.3, 0.4) is 0 Å². The van der Waals surface area contributed by atoms with Gasteiger partial charge in [0.05, 0.1) is 6.04 Å². The first-order valence-corrected chi connectivity index (χ1v) is 7.61. The molecule has 6 heteroatoms. The minimum atomic E-state index is -2.82. The SMILES string of the molecule is CNCCCC(=O)NC1CCCc2cc(OC(F)F)ccc21. The molecule has 0 spiro atoms. The van der Waals surface area contributed by atoms with Crippen molar-refractivity contribution in [3.05, 3.63) is 29.3 Å². The first-order valence-electron chi connectivity index (χ1n) is 7.61. The second kappa shape index (κ2) is 8.08. The molecule has 22 heavy (non-hydrogen) atoms. The first kappa shape index (κ1) is 16.7. The molecule has 1 aromatic rings. The van der Waals surface area contributed by atoms with Crippen molar-refractivity contribution in [3.8, 4) is 5.75 Å². The van der Waals surface area contributed by atoms with Gasteiger partial charge in [0.1, 0.15) is 5.75 Å². The summed E-state index contributed by atoms with van der Waals surface area (Å²) in [5.41, 5.74) is 1.99. The molecule has 0 fully saturated rings. The van der Waals surface area contributed by atoms with Crippen LogP contribution < -0.4 is 15.4 Å². The third-order valence-corrected chi connectivity index (χ3v) is 3.82. The number of aryl methyl sites for hydroxylation is 1. The highest BCUT2D eigenvalue weighted by Gasteiger charge is 2.22. The largest absolute Gasteiger partial charge is 0.435 e. The van der Waals surface area contributed by atoms with Gasteiger partial charge in [-0.1, -0.05) is 6.07 Å². The molecular weight excluding hydrogens is 290 g/mol. The Balaban J connectivity index is 2.00. The fourth-order valence-electron chi connectivity index (χ4n) is 2.81. The average Bonchev–Trinajstić information content (AvgIpc) is 2.47. The van der Waals surface area contributed by atoms with Crippen LogP contribution in [0.25, 0.3) is 0 Å². The maximum absolute atomic E-state index is 12.3. The standard InChI is InChI=1S/C16H22F2N2O2/c1-19-9-3-6-15(21)20-14-5-2-4-11-10-12(22-16(17)18)7-8-13(11)14/h7-8,10,14,16,19H,2-6,9H2,1H3,(H,20,21). The first-order chi connectivity index (χ1) is 10.6. The van der Waals surface area contributed by atoms with Gasteiger partial charge in [-0.05, 0) is 62.5 Å². The molecule has 0 saturated carbocycles. The van der Waals surface area contributed by atoms with E-state index in [-0.39, 0.29) is 17.7 Å². The van der Waals surface area contributed by atoms with Crippen molar-refractivity contribution in [2.45, 2.75) is 44.8 Å². The van der Waals surface area contributed by atoms with E-state index in [0.29, 0.717) is 6.42 Å². The Bertz CT molecular complexity index is 509. The molecule has 122 valence electrons. The van der Waals surface area contributed by atoms with Crippen LogP contribution in [0.1, 0.15) is 42.9 Å². The summed E-state index contributed by atoms with van der Waals surface area (Å²) in [6.45, 7) is -2.01. The summed E-state index contributed by atoms with van der Waals surface area (Å²) in [7, 11) is 1.86. The molecule has 0 bridgehead atoms. The summed E-state index contributed by atoms with van der Waals surface area (Å²) >= 11 is 0. The molecule has 1 unspecified atom stereocenters. The molecule has 0 radical (unpaired) electrons. The van der Waals surface area contributed by atoms with Crippen molar-refractivity contribution in [1.29, 1.82) is 0 Å². The van der Waals surface area contributed by atoms with Gasteiger partial charge in [0.15, 0.2) is 0 Å². The van der Waals surface area contributed by atoms with Crippen LogP contribution in [0.2, 0.25) is 0 Å². The number of carbonyl (C=O) groups excluding carboxylic acids is 1. The fourth-order valence-corrected chi connectivity index (χ4v) is 2.81. The smallest absolute Gasteiger partial charge is 0.387 e. The van der Waals surface area contributed by atoms with E-state index in [1.165, 1.54) is 6.07 Å². The predicted octanol–water partition coefficient (Wildman–Crippen LogP) is 2.78. The van der Waals surface area contributed by atoms with Crippen LogP contribution in [-0.2, 0) is 11.2 Å². The van der Waals surface area contributed by atoms with Gasteiger partial charge in [-0.15, -0.1) is 0 Å². The predicted molar refractivity (Wildman–Crippen MR) is 80.1 cm³/mol. The zero-order valence-corrected chi connectivity index (χ0v) is 12.7. The van der Waals surface area contributed by atoms with Gasteiger partial charge in [-0.2, -0.15) is 8.78 Å². The zero-order valence-electron chi connectivity index (χ0n) is 12.7. The number of ether oxygens (including phenoxy) is 1. The molecule has 0 aliphatic heterocycles. The van der Waals surface area contributed by atoms with E-state index in [9.17, 15) is 13.6 Å². The van der Waals surface area contributed by atoms with E-state index in [0.717, 1.165) is 43.4 Å². The Labute approximate surface area is 129 Å². The number of halogens is 2. The highest BCUT2D eigenvalue weighted by atomic mass is 19.3. The number of benzene rings is 1. The van der Waals surface area contributed by atoms with E-state index in [4.69, 9.17) is 0 Å². The monoisotopic (exact) mass is 312 g/mol. The lowest BCUT2D eigenvalue weighted by Crippen LogP contribution is -2.31. The molecule has 1 aliphatic rings. The Morgan fingerprint density at radius 3 is 3.00 bits per heavy atom. The molecule has 1 atom stereocenters. The number of nitrogens with one attached hydrogen (secondary N) is 2. The van der Waals surface area contributed by atoms with Crippen LogP contribution in [0.4, 0.5) is 8.78 Å². The highest BCUT2D eigenvalue weighted by Crippen LogP contribution is 2.32. The summed E-state index contributed by atoms with van der Waals surface area (Å²) in [5, 5.41) is 6.05. The molecule has 1 aliphatic carbocycles. The van der Waals surface area contributed by atoms with Gasteiger partial charge in [-0.3, -0.25) is 4.79 Å². The van der Waals surface area contributed by atoms with E-state index < -0.39 is 6.61 Å². The maximum atomic E-state index is 12.3. The number of fused-ring (bicyclic) bond motifs is 1. The number of carbonyl (C=O) groups is 1. The lowest BCUT2D eigenvalue weighted by atomic mass is 9.87. The molecule has 1 aromatic carbocycles. The molecule has 1 amide bonds. The third kappa shape index (κ3) is 4.66. The van der Waals surface area contributed by atoms with Crippen LogP contribution in [0.5, 0.6) is 5.75 Å². The van der Waals surface area contributed by atoms with Crippen molar-refractivity contribution in [2.75, 3.05) is 13.6 Å². The minimum Gasteiger partial charge on any atom is -0.435 e. The Morgan fingerprint density at radius 2 is 2.27 bits per heavy atom. The molecule has 4 nitrogen and oxygen atoms in total. The lowest BCUT2D eigenvalue weighted by Gasteiger charge is -2.27. The maximum Gasteiger partial charge on any atom is 0.387 e. The zero-order chi connectivity index (χ0) is 15.9. The van der Waals surface area contributed by atoms with Crippen LogP contribution in [0.15, 0.2) is 18.2 Å². The molecule has 0 saturated heterocycles. The molecular formula is C16H22F2N2O2. The Kier molecular flexibility index (Phi) is 6.12. The Morgan fingerprint density at radius 1 is 1.45 bits per heavy atom. The van der Waals surface area contributed by atoms with Crippen molar-refractivity contribution in [1.82, 2.24) is 10.6 Å². The molecule has 2 N–H and O–H groups in total. The van der Waals surface area contributed by atoms with Crippen molar-refractivity contribution < 1.29 is 18.3 Å². The van der Waals surface area contributed by atoms with Gasteiger partial charge in [0.25, 0.3) is 0 Å². The summed E-state index contributed by atoms with van der Waals surface area (Å²) in [6, 6.07) is 4.94. The molecule has 0 aromatic heterocycles. The van der Waals surface area contributed by atoms with Gasteiger partial charge >= 0.3 is 6.61 Å². The fraction of sp³-hybridized carbons (Fsp3) is 0.562. The van der Waals surface area contributed by atoms with Gasteiger partial charge in [-0.25, -0.2) is 0 Å². The number of hydrogen-bond donors (Lipinski definition) is 2. The topological polar surface area (TPSA) is 50.4 Å². The summed E-state index contributed by atoms with van der Waals surface area (Å²) in [5.74, 6) is 0.204. The van der Waals surface area contributed by atoms with Gasteiger partial charge in [0, 0.05) is 6.42 Å². The summed E-state index contributed by atoms with van der Waals surface area (Å²) in [6.07, 6.45) is 3.90. The molecule has 0 heterocycles. The highest BCUT2D eigenvalue weighted by molar-refractivity contribution is 5.76. The normalized spacial score (nSPS) is 17.2. The van der Waals surface area contributed by atoms with E-state index in [1.807, 2.05) is 7.05 Å². The number of rotatable bonds is 7. The summed E-state index contributed by atoms with van der Waals surface area (Å²) < 4.78 is 29.0. The van der Waals surface area contributed by atoms with Crippen molar-refractivity contribution >= 4 is 5.91 Å². The van der Waals surface area contributed by atoms with Crippen molar-refractivity contribution in [3.63, 3.8) is 0 Å².